The van der Waals surface area contributed by atoms with Crippen LogP contribution >= 0.6 is 0 Å². The van der Waals surface area contributed by atoms with Crippen molar-refractivity contribution in [2.45, 2.75) is 20.4 Å². The fraction of sp³-hybridized carbons (Fsp3) is 0.143. The second kappa shape index (κ2) is 7.04. The van der Waals surface area contributed by atoms with Crippen LogP contribution in [0.1, 0.15) is 17.0 Å². The summed E-state index contributed by atoms with van der Waals surface area (Å²) in [6, 6.07) is 13.5. The first-order chi connectivity index (χ1) is 12.5. The number of benzene rings is 1. The number of amides is 1. The van der Waals surface area contributed by atoms with Crippen molar-refractivity contribution in [3.05, 3.63) is 65.1 Å². The molecule has 3 rings (SSSR count). The van der Waals surface area contributed by atoms with Gasteiger partial charge < -0.3 is 4.57 Å². The third-order valence-corrected chi connectivity index (χ3v) is 4.23. The number of hydrogen-bond donors (Lipinski definition) is 1. The Morgan fingerprint density at radius 3 is 2.58 bits per heavy atom. The number of nitrogens with one attached hydrogen (secondary N) is 1. The Bertz CT molecular complexity index is 1080. The van der Waals surface area contributed by atoms with E-state index in [0.717, 1.165) is 27.9 Å². The van der Waals surface area contributed by atoms with Gasteiger partial charge >= 0.3 is 0 Å². The number of nitriles is 1. The number of rotatable bonds is 4. The topological polar surface area (TPSA) is 62.8 Å². The molecule has 0 radical (unpaired) electrons. The SMILES string of the molecule is C#CCn1cc(/C=C(\C#N)C(=O)Nn2c(C)ccc2C)c2ccccc21. The molecular formula is C21H18N4O. The zero-order chi connectivity index (χ0) is 18.7. The Balaban J connectivity index is 2.00. The summed E-state index contributed by atoms with van der Waals surface area (Å²) in [7, 11) is 0. The predicted molar refractivity (Wildman–Crippen MR) is 103 cm³/mol. The highest BCUT2D eigenvalue weighted by atomic mass is 16.2. The van der Waals surface area contributed by atoms with Crippen molar-refractivity contribution in [3.63, 3.8) is 0 Å². The Kier molecular flexibility index (Phi) is 4.64. The van der Waals surface area contributed by atoms with Gasteiger partial charge in [0.1, 0.15) is 11.6 Å². The maximum Gasteiger partial charge on any atom is 0.280 e. The van der Waals surface area contributed by atoms with E-state index in [1.54, 1.807) is 10.8 Å². The van der Waals surface area contributed by atoms with Crippen LogP contribution in [0.3, 0.4) is 0 Å². The molecule has 0 spiro atoms. The molecule has 26 heavy (non-hydrogen) atoms. The van der Waals surface area contributed by atoms with Crippen LogP contribution in [0.15, 0.2) is 48.2 Å². The molecule has 0 atom stereocenters. The van der Waals surface area contributed by atoms with Crippen molar-refractivity contribution in [3.8, 4) is 18.4 Å². The lowest BCUT2D eigenvalue weighted by atomic mass is 10.1. The first-order valence-corrected chi connectivity index (χ1v) is 8.14. The lowest BCUT2D eigenvalue weighted by Crippen LogP contribution is -2.25. The number of terminal acetylenes is 1. The number of aryl methyl sites for hydroxylation is 2. The van der Waals surface area contributed by atoms with Crippen LogP contribution in [0.5, 0.6) is 0 Å². The van der Waals surface area contributed by atoms with E-state index < -0.39 is 5.91 Å². The van der Waals surface area contributed by atoms with Gasteiger partial charge in [-0.25, -0.2) is 0 Å². The number of carbonyl (C=O) groups excluding carboxylic acids is 1. The van der Waals surface area contributed by atoms with Gasteiger partial charge in [0.15, 0.2) is 0 Å². The number of nitrogens with zero attached hydrogens (tertiary/aromatic N) is 3. The molecule has 0 saturated carbocycles. The predicted octanol–water partition coefficient (Wildman–Crippen LogP) is 3.37. The highest BCUT2D eigenvalue weighted by Crippen LogP contribution is 2.23. The Morgan fingerprint density at radius 1 is 1.23 bits per heavy atom. The molecule has 2 aromatic heterocycles. The van der Waals surface area contributed by atoms with E-state index in [1.165, 1.54) is 0 Å². The highest BCUT2D eigenvalue weighted by Gasteiger charge is 2.14. The molecule has 1 N–H and O–H groups in total. The molecule has 128 valence electrons. The number of hydrogen-bond acceptors (Lipinski definition) is 2. The summed E-state index contributed by atoms with van der Waals surface area (Å²) in [5, 5.41) is 10.4. The van der Waals surface area contributed by atoms with Crippen LogP contribution in [-0.2, 0) is 11.3 Å². The summed E-state index contributed by atoms with van der Waals surface area (Å²) in [5.74, 6) is 2.16. The van der Waals surface area contributed by atoms with Crippen LogP contribution in [0.25, 0.3) is 17.0 Å². The van der Waals surface area contributed by atoms with Gasteiger partial charge in [0.05, 0.1) is 6.54 Å². The van der Waals surface area contributed by atoms with E-state index in [9.17, 15) is 10.1 Å². The summed E-state index contributed by atoms with van der Waals surface area (Å²) in [6.45, 7) is 4.19. The third kappa shape index (κ3) is 3.11. The van der Waals surface area contributed by atoms with Gasteiger partial charge in [-0.2, -0.15) is 5.26 Å². The number of fused-ring (bicyclic) bond motifs is 1. The standard InChI is InChI=1S/C21H18N4O/c1-4-11-24-14-18(19-7-5-6-8-20(19)24)12-17(13-22)21(26)23-25-15(2)9-10-16(25)3/h1,5-10,12,14H,11H2,2-3H3,(H,23,26)/b17-12+. The van der Waals surface area contributed by atoms with Crippen molar-refractivity contribution in [2.24, 2.45) is 0 Å². The van der Waals surface area contributed by atoms with E-state index in [2.05, 4.69) is 11.3 Å². The smallest absolute Gasteiger partial charge is 0.280 e. The van der Waals surface area contributed by atoms with Gasteiger partial charge in [0.25, 0.3) is 5.91 Å². The summed E-state index contributed by atoms with van der Waals surface area (Å²) in [5.41, 5.74) is 6.31. The molecular weight excluding hydrogens is 324 g/mol. The minimum atomic E-state index is -0.455. The molecule has 0 saturated heterocycles. The van der Waals surface area contributed by atoms with Gasteiger partial charge in [-0.15, -0.1) is 6.42 Å². The summed E-state index contributed by atoms with van der Waals surface area (Å²) < 4.78 is 3.59. The maximum absolute atomic E-state index is 12.6. The van der Waals surface area contributed by atoms with E-state index in [1.807, 2.05) is 67.1 Å². The molecule has 2 heterocycles. The molecule has 1 aromatic carbocycles. The molecule has 3 aromatic rings. The van der Waals surface area contributed by atoms with Crippen molar-refractivity contribution in [1.29, 1.82) is 5.26 Å². The largest absolute Gasteiger partial charge is 0.335 e. The fourth-order valence-electron chi connectivity index (χ4n) is 2.93. The van der Waals surface area contributed by atoms with Gasteiger partial charge in [-0.05, 0) is 38.1 Å². The molecule has 5 nitrogen and oxygen atoms in total. The molecule has 5 heteroatoms. The quantitative estimate of drug-likeness (QED) is 0.449. The maximum atomic E-state index is 12.6. The normalized spacial score (nSPS) is 11.2. The van der Waals surface area contributed by atoms with Gasteiger partial charge in [-0.1, -0.05) is 24.1 Å². The van der Waals surface area contributed by atoms with Gasteiger partial charge in [-0.3, -0.25) is 14.9 Å². The summed E-state index contributed by atoms with van der Waals surface area (Å²) in [4.78, 5) is 12.6. The van der Waals surface area contributed by atoms with Crippen LogP contribution in [0, 0.1) is 37.5 Å². The zero-order valence-corrected chi connectivity index (χ0v) is 14.7. The minimum Gasteiger partial charge on any atom is -0.335 e. The summed E-state index contributed by atoms with van der Waals surface area (Å²) in [6.07, 6.45) is 8.89. The monoisotopic (exact) mass is 342 g/mol. The Hall–Kier alpha value is -3.70. The molecule has 0 unspecified atom stereocenters. The average Bonchev–Trinajstić information content (AvgIpc) is 3.15. The lowest BCUT2D eigenvalue weighted by molar-refractivity contribution is -0.113. The highest BCUT2D eigenvalue weighted by molar-refractivity contribution is 6.08. The van der Waals surface area contributed by atoms with Crippen LogP contribution in [0.4, 0.5) is 0 Å². The van der Waals surface area contributed by atoms with E-state index in [4.69, 9.17) is 6.42 Å². The molecule has 0 aliphatic heterocycles. The van der Waals surface area contributed by atoms with E-state index in [-0.39, 0.29) is 5.57 Å². The van der Waals surface area contributed by atoms with Gasteiger partial charge in [0, 0.05) is 34.1 Å². The second-order valence-electron chi connectivity index (χ2n) is 6.00. The molecule has 0 bridgehead atoms. The second-order valence-corrected chi connectivity index (χ2v) is 6.00. The Morgan fingerprint density at radius 2 is 1.92 bits per heavy atom. The van der Waals surface area contributed by atoms with Crippen LogP contribution in [0.2, 0.25) is 0 Å². The number of carbonyl (C=O) groups is 1. The minimum absolute atomic E-state index is 0.0288. The van der Waals surface area contributed by atoms with Gasteiger partial charge in [0.2, 0.25) is 0 Å². The lowest BCUT2D eigenvalue weighted by Gasteiger charge is -2.10. The number of para-hydroxylation sites is 1. The average molecular weight is 342 g/mol. The molecule has 1 amide bonds. The van der Waals surface area contributed by atoms with Crippen molar-refractivity contribution in [1.82, 2.24) is 9.24 Å². The molecule has 0 aliphatic carbocycles. The number of aromatic nitrogens is 2. The first kappa shape index (κ1) is 17.1. The summed E-state index contributed by atoms with van der Waals surface area (Å²) >= 11 is 0. The fourth-order valence-corrected chi connectivity index (χ4v) is 2.93. The van der Waals surface area contributed by atoms with Crippen LogP contribution < -0.4 is 5.43 Å². The van der Waals surface area contributed by atoms with Crippen molar-refractivity contribution >= 4 is 22.9 Å². The van der Waals surface area contributed by atoms with E-state index in [0.29, 0.717) is 6.54 Å². The molecule has 0 aliphatic rings. The zero-order valence-electron chi connectivity index (χ0n) is 14.7. The third-order valence-electron chi connectivity index (χ3n) is 4.23. The Labute approximate surface area is 152 Å². The van der Waals surface area contributed by atoms with Crippen LogP contribution in [-0.4, -0.2) is 15.2 Å². The van der Waals surface area contributed by atoms with Crippen molar-refractivity contribution < 1.29 is 4.79 Å². The first-order valence-electron chi connectivity index (χ1n) is 8.14. The molecule has 0 fully saturated rings. The van der Waals surface area contributed by atoms with Crippen molar-refractivity contribution in [2.75, 3.05) is 5.43 Å². The van der Waals surface area contributed by atoms with E-state index >= 15 is 0 Å².